The van der Waals surface area contributed by atoms with Gasteiger partial charge in [0.1, 0.15) is 0 Å². The lowest BCUT2D eigenvalue weighted by Crippen LogP contribution is -2.60. The summed E-state index contributed by atoms with van der Waals surface area (Å²) in [5.41, 5.74) is -1.27. The van der Waals surface area contributed by atoms with Crippen LogP contribution in [0, 0.1) is 0 Å². The molecule has 8 nitrogen and oxygen atoms in total. The molecule has 3 rings (SSSR count). The Kier molecular flexibility index (Phi) is 4.89. The highest BCUT2D eigenvalue weighted by atomic mass is 16.5. The molecule has 0 aliphatic carbocycles. The molecule has 8 heteroatoms. The number of ether oxygens (including phenoxy) is 3. The standard InChI is InChI=1S/C19H21N3O5/c1-5-22-16-14(7-6-10-20-16)27-19(2,18(22)24)17(23)21-12-8-9-13(25-3)15(11-12)26-4/h6-11H,5H2,1-4H3,(H,21,23)/t19-/m0/s1. The van der Waals surface area contributed by atoms with Gasteiger partial charge in [-0.05, 0) is 38.1 Å². The van der Waals surface area contributed by atoms with E-state index in [1.54, 1.807) is 36.5 Å². The van der Waals surface area contributed by atoms with E-state index in [2.05, 4.69) is 10.3 Å². The number of hydrogen-bond donors (Lipinski definition) is 1. The molecule has 1 aromatic heterocycles. The van der Waals surface area contributed by atoms with Crippen molar-refractivity contribution >= 4 is 23.3 Å². The second kappa shape index (κ2) is 7.14. The van der Waals surface area contributed by atoms with Gasteiger partial charge in [0, 0.05) is 24.5 Å². The Morgan fingerprint density at radius 3 is 2.67 bits per heavy atom. The summed E-state index contributed by atoms with van der Waals surface area (Å²) >= 11 is 0. The van der Waals surface area contributed by atoms with E-state index in [1.165, 1.54) is 26.0 Å². The van der Waals surface area contributed by atoms with E-state index in [-0.39, 0.29) is 0 Å². The molecule has 0 bridgehead atoms. The Bertz CT molecular complexity index is 885. The van der Waals surface area contributed by atoms with E-state index in [4.69, 9.17) is 14.2 Å². The molecule has 1 N–H and O–H groups in total. The third-order valence-corrected chi connectivity index (χ3v) is 4.36. The molecule has 1 aromatic carbocycles. The summed E-state index contributed by atoms with van der Waals surface area (Å²) in [7, 11) is 3.03. The van der Waals surface area contributed by atoms with Crippen molar-refractivity contribution in [1.29, 1.82) is 0 Å². The van der Waals surface area contributed by atoms with Gasteiger partial charge in [-0.3, -0.25) is 14.5 Å². The van der Waals surface area contributed by atoms with Gasteiger partial charge in [0.15, 0.2) is 23.1 Å². The number of carbonyl (C=O) groups is 2. The van der Waals surface area contributed by atoms with Crippen LogP contribution in [0.1, 0.15) is 13.8 Å². The minimum Gasteiger partial charge on any atom is -0.493 e. The summed E-state index contributed by atoms with van der Waals surface area (Å²) in [5, 5.41) is 2.72. The zero-order valence-corrected chi connectivity index (χ0v) is 15.6. The minimum absolute atomic E-state index is 0.367. The van der Waals surface area contributed by atoms with Crippen LogP contribution >= 0.6 is 0 Å². The number of amides is 2. The SMILES string of the molecule is CCN1C(=O)[C@](C)(C(=O)Nc2ccc(OC)c(OC)c2)Oc2cccnc21. The van der Waals surface area contributed by atoms with Gasteiger partial charge in [-0.25, -0.2) is 4.98 Å². The number of benzene rings is 1. The van der Waals surface area contributed by atoms with Crippen LogP contribution in [0.5, 0.6) is 17.2 Å². The van der Waals surface area contributed by atoms with Crippen LogP contribution in [-0.4, -0.2) is 43.2 Å². The van der Waals surface area contributed by atoms with E-state index in [0.717, 1.165) is 0 Å². The van der Waals surface area contributed by atoms with Crippen molar-refractivity contribution < 1.29 is 23.8 Å². The van der Waals surface area contributed by atoms with Crippen molar-refractivity contribution in [3.05, 3.63) is 36.5 Å². The number of fused-ring (bicyclic) bond motifs is 1. The Morgan fingerprint density at radius 2 is 2.00 bits per heavy atom. The first-order valence-electron chi connectivity index (χ1n) is 8.44. The van der Waals surface area contributed by atoms with Gasteiger partial charge in [-0.15, -0.1) is 0 Å². The lowest BCUT2D eigenvalue weighted by Gasteiger charge is -2.38. The fourth-order valence-corrected chi connectivity index (χ4v) is 2.88. The highest BCUT2D eigenvalue weighted by molar-refractivity contribution is 6.19. The van der Waals surface area contributed by atoms with Gasteiger partial charge < -0.3 is 19.5 Å². The number of likely N-dealkylation sites (N-methyl/N-ethyl adjacent to an activating group) is 1. The van der Waals surface area contributed by atoms with Crippen LogP contribution in [-0.2, 0) is 9.59 Å². The average molecular weight is 371 g/mol. The highest BCUT2D eigenvalue weighted by Crippen LogP contribution is 2.37. The fourth-order valence-electron chi connectivity index (χ4n) is 2.88. The maximum Gasteiger partial charge on any atom is 0.282 e. The topological polar surface area (TPSA) is 90.0 Å². The molecule has 0 spiro atoms. The number of nitrogens with one attached hydrogen (secondary N) is 1. The van der Waals surface area contributed by atoms with Crippen LogP contribution in [0.25, 0.3) is 0 Å². The molecule has 1 aliphatic rings. The molecule has 0 fully saturated rings. The Labute approximate surface area is 157 Å². The van der Waals surface area contributed by atoms with Gasteiger partial charge >= 0.3 is 0 Å². The Hall–Kier alpha value is -3.29. The first kappa shape index (κ1) is 18.5. The van der Waals surface area contributed by atoms with Crippen molar-refractivity contribution in [3.63, 3.8) is 0 Å². The minimum atomic E-state index is -1.72. The van der Waals surface area contributed by atoms with Crippen LogP contribution in [0.3, 0.4) is 0 Å². The summed E-state index contributed by atoms with van der Waals surface area (Å²) < 4.78 is 16.2. The molecule has 142 valence electrons. The largest absolute Gasteiger partial charge is 0.493 e. The number of anilines is 2. The number of carbonyl (C=O) groups excluding carboxylic acids is 2. The first-order valence-corrected chi connectivity index (χ1v) is 8.44. The van der Waals surface area contributed by atoms with Gasteiger partial charge in [0.25, 0.3) is 17.4 Å². The van der Waals surface area contributed by atoms with Crippen molar-refractivity contribution in [2.24, 2.45) is 0 Å². The van der Waals surface area contributed by atoms with Crippen molar-refractivity contribution in [1.82, 2.24) is 4.98 Å². The van der Waals surface area contributed by atoms with Gasteiger partial charge in [-0.1, -0.05) is 0 Å². The van der Waals surface area contributed by atoms with E-state index >= 15 is 0 Å². The first-order chi connectivity index (χ1) is 12.9. The molecule has 0 saturated heterocycles. The molecule has 2 heterocycles. The van der Waals surface area contributed by atoms with Crippen molar-refractivity contribution in [2.45, 2.75) is 19.4 Å². The van der Waals surface area contributed by atoms with Gasteiger partial charge in [0.2, 0.25) is 0 Å². The smallest absolute Gasteiger partial charge is 0.282 e. The summed E-state index contributed by atoms with van der Waals surface area (Å²) in [6, 6.07) is 8.30. The monoisotopic (exact) mass is 371 g/mol. The molecule has 1 atom stereocenters. The van der Waals surface area contributed by atoms with E-state index in [0.29, 0.717) is 35.3 Å². The number of rotatable bonds is 5. The Balaban J connectivity index is 1.91. The predicted octanol–water partition coefficient (Wildman–Crippen LogP) is 2.24. The maximum absolute atomic E-state index is 13.0. The zero-order chi connectivity index (χ0) is 19.6. The molecule has 0 unspecified atom stereocenters. The van der Waals surface area contributed by atoms with Crippen LogP contribution in [0.4, 0.5) is 11.5 Å². The molecule has 0 saturated carbocycles. The van der Waals surface area contributed by atoms with E-state index < -0.39 is 17.4 Å². The second-order valence-corrected chi connectivity index (χ2v) is 6.03. The quantitative estimate of drug-likeness (QED) is 0.811. The maximum atomic E-state index is 13.0. The predicted molar refractivity (Wildman–Crippen MR) is 99.5 cm³/mol. The number of pyridine rings is 1. The van der Waals surface area contributed by atoms with Crippen molar-refractivity contribution in [3.8, 4) is 17.2 Å². The molecule has 2 amide bonds. The summed E-state index contributed by atoms with van der Waals surface area (Å²) in [6.45, 7) is 3.63. The van der Waals surface area contributed by atoms with Gasteiger partial charge in [-0.2, -0.15) is 0 Å². The van der Waals surface area contributed by atoms with Crippen LogP contribution in [0.15, 0.2) is 36.5 Å². The van der Waals surface area contributed by atoms with Crippen LogP contribution < -0.4 is 24.4 Å². The molecular weight excluding hydrogens is 350 g/mol. The highest BCUT2D eigenvalue weighted by Gasteiger charge is 2.50. The van der Waals surface area contributed by atoms with Crippen molar-refractivity contribution in [2.75, 3.05) is 31.0 Å². The number of nitrogens with zero attached hydrogens (tertiary/aromatic N) is 2. The lowest BCUT2D eigenvalue weighted by molar-refractivity contribution is -0.145. The third-order valence-electron chi connectivity index (χ3n) is 4.36. The molecule has 27 heavy (non-hydrogen) atoms. The number of aromatic nitrogens is 1. The summed E-state index contributed by atoms with van der Waals surface area (Å²) in [6.07, 6.45) is 1.57. The van der Waals surface area contributed by atoms with Crippen LogP contribution in [0.2, 0.25) is 0 Å². The average Bonchev–Trinajstić information content (AvgIpc) is 2.68. The number of methoxy groups -OCH3 is 2. The summed E-state index contributed by atoms with van der Waals surface area (Å²) in [5.74, 6) is 0.706. The third kappa shape index (κ3) is 3.14. The van der Waals surface area contributed by atoms with Gasteiger partial charge in [0.05, 0.1) is 14.2 Å². The molecule has 1 aliphatic heterocycles. The lowest BCUT2D eigenvalue weighted by atomic mass is 10.0. The molecule has 0 radical (unpaired) electrons. The van der Waals surface area contributed by atoms with E-state index in [1.807, 2.05) is 6.92 Å². The fraction of sp³-hybridized carbons (Fsp3) is 0.316. The molecule has 2 aromatic rings. The second-order valence-electron chi connectivity index (χ2n) is 6.03. The number of hydrogen-bond acceptors (Lipinski definition) is 6. The Morgan fingerprint density at radius 1 is 1.26 bits per heavy atom. The zero-order valence-electron chi connectivity index (χ0n) is 15.6. The molecular formula is C19H21N3O5. The normalized spacial score (nSPS) is 18.4. The summed E-state index contributed by atoms with van der Waals surface area (Å²) in [4.78, 5) is 31.5. The van der Waals surface area contributed by atoms with E-state index in [9.17, 15) is 9.59 Å².